The van der Waals surface area contributed by atoms with Crippen LogP contribution in [-0.4, -0.2) is 5.11 Å². The van der Waals surface area contributed by atoms with Crippen LogP contribution in [0.25, 0.3) is 0 Å². The third kappa shape index (κ3) is 3.77. The molecular formula is C10H13ClN2S. The van der Waals surface area contributed by atoms with Crippen molar-refractivity contribution >= 4 is 29.7 Å². The van der Waals surface area contributed by atoms with E-state index >= 15 is 0 Å². The highest BCUT2D eigenvalue weighted by atomic mass is 35.5. The predicted octanol–water partition coefficient (Wildman–Crippen LogP) is 2.17. The summed E-state index contributed by atoms with van der Waals surface area (Å²) in [6.45, 7) is 3.71. The molecular weight excluding hydrogens is 216 g/mol. The number of nitrogens with two attached hydrogens (primary N) is 1. The molecule has 1 unspecified atom stereocenters. The van der Waals surface area contributed by atoms with Gasteiger partial charge in [-0.15, -0.1) is 19.0 Å². The third-order valence-electron chi connectivity index (χ3n) is 1.69. The maximum atomic E-state index is 5.38. The van der Waals surface area contributed by atoms with E-state index in [1.807, 2.05) is 30.3 Å². The number of hydrogen-bond donors (Lipinski definition) is 2. The molecule has 14 heavy (non-hydrogen) atoms. The molecule has 1 rings (SSSR count). The number of hydrogen-bond acceptors (Lipinski definition) is 1. The molecule has 0 saturated carbocycles. The Morgan fingerprint density at radius 1 is 1.43 bits per heavy atom. The van der Waals surface area contributed by atoms with Gasteiger partial charge in [-0.3, -0.25) is 0 Å². The topological polar surface area (TPSA) is 38.0 Å². The van der Waals surface area contributed by atoms with Crippen molar-refractivity contribution in [2.75, 3.05) is 0 Å². The summed E-state index contributed by atoms with van der Waals surface area (Å²) < 4.78 is 0. The van der Waals surface area contributed by atoms with Crippen LogP contribution in [0.2, 0.25) is 0 Å². The van der Waals surface area contributed by atoms with Gasteiger partial charge in [0.2, 0.25) is 0 Å². The zero-order valence-electron chi connectivity index (χ0n) is 7.64. The quantitative estimate of drug-likeness (QED) is 0.615. The third-order valence-corrected chi connectivity index (χ3v) is 1.81. The Morgan fingerprint density at radius 3 is 2.43 bits per heavy atom. The van der Waals surface area contributed by atoms with E-state index in [2.05, 4.69) is 11.9 Å². The second kappa shape index (κ2) is 6.40. The Kier molecular flexibility index (Phi) is 5.92. The minimum Gasteiger partial charge on any atom is -0.376 e. The molecule has 1 aromatic rings. The van der Waals surface area contributed by atoms with Crippen LogP contribution >= 0.6 is 24.6 Å². The highest BCUT2D eigenvalue weighted by Crippen LogP contribution is 2.12. The molecule has 4 heteroatoms. The van der Waals surface area contributed by atoms with Crippen molar-refractivity contribution in [2.45, 2.75) is 6.04 Å². The summed E-state index contributed by atoms with van der Waals surface area (Å²) in [7, 11) is 0. The number of nitrogens with one attached hydrogen (secondary N) is 1. The summed E-state index contributed by atoms with van der Waals surface area (Å²) in [4.78, 5) is 0. The van der Waals surface area contributed by atoms with Gasteiger partial charge >= 0.3 is 0 Å². The summed E-state index contributed by atoms with van der Waals surface area (Å²) >= 11 is 4.76. The Morgan fingerprint density at radius 2 is 2.00 bits per heavy atom. The van der Waals surface area contributed by atoms with Crippen LogP contribution in [0.4, 0.5) is 0 Å². The molecule has 3 N–H and O–H groups in total. The molecule has 0 aromatic heterocycles. The summed E-state index contributed by atoms with van der Waals surface area (Å²) in [5, 5.41) is 3.22. The second-order valence-corrected chi connectivity index (χ2v) is 3.07. The summed E-state index contributed by atoms with van der Waals surface area (Å²) in [6.07, 6.45) is 1.77. The van der Waals surface area contributed by atoms with Gasteiger partial charge in [-0.25, -0.2) is 0 Å². The molecule has 0 radical (unpaired) electrons. The molecule has 1 atom stereocenters. The van der Waals surface area contributed by atoms with E-state index in [9.17, 15) is 0 Å². The molecule has 0 aliphatic rings. The maximum Gasteiger partial charge on any atom is 0.164 e. The van der Waals surface area contributed by atoms with E-state index in [0.717, 1.165) is 5.56 Å². The average Bonchev–Trinajstić information content (AvgIpc) is 2.15. The molecule has 2 nitrogen and oxygen atoms in total. The molecule has 0 bridgehead atoms. The maximum absolute atomic E-state index is 5.38. The van der Waals surface area contributed by atoms with E-state index in [4.69, 9.17) is 18.0 Å². The lowest BCUT2D eigenvalue weighted by Crippen LogP contribution is -2.31. The number of thiocarbonyl (C=S) groups is 1. The van der Waals surface area contributed by atoms with Gasteiger partial charge in [0.05, 0.1) is 6.04 Å². The molecule has 76 valence electrons. The lowest BCUT2D eigenvalue weighted by atomic mass is 10.1. The number of rotatable bonds is 3. The molecule has 0 aliphatic carbocycles. The molecule has 0 heterocycles. The van der Waals surface area contributed by atoms with Crippen molar-refractivity contribution in [1.82, 2.24) is 5.32 Å². The minimum atomic E-state index is -0.00120. The van der Waals surface area contributed by atoms with Crippen LogP contribution in [0.5, 0.6) is 0 Å². The fourth-order valence-electron chi connectivity index (χ4n) is 1.09. The fourth-order valence-corrected chi connectivity index (χ4v) is 1.22. The SMILES string of the molecule is C=CC(NC(N)=S)c1ccccc1.Cl. The van der Waals surface area contributed by atoms with E-state index in [-0.39, 0.29) is 23.6 Å². The van der Waals surface area contributed by atoms with Crippen molar-refractivity contribution in [1.29, 1.82) is 0 Å². The van der Waals surface area contributed by atoms with E-state index in [1.54, 1.807) is 6.08 Å². The van der Waals surface area contributed by atoms with Gasteiger partial charge in [-0.2, -0.15) is 0 Å². The highest BCUT2D eigenvalue weighted by Gasteiger charge is 2.05. The first-order valence-electron chi connectivity index (χ1n) is 3.97. The number of halogens is 1. The standard InChI is InChI=1S/C10H12N2S.ClH/c1-2-9(12-10(11)13)8-6-4-3-5-7-8;/h2-7,9H,1H2,(H3,11,12,13);1H. The average molecular weight is 229 g/mol. The van der Waals surface area contributed by atoms with Crippen LogP contribution in [-0.2, 0) is 0 Å². The highest BCUT2D eigenvalue weighted by molar-refractivity contribution is 7.80. The minimum absolute atomic E-state index is 0. The summed E-state index contributed by atoms with van der Waals surface area (Å²) in [5.74, 6) is 0. The molecule has 0 aliphatic heterocycles. The zero-order valence-corrected chi connectivity index (χ0v) is 9.28. The molecule has 0 amide bonds. The summed E-state index contributed by atoms with van der Waals surface area (Å²) in [6, 6.07) is 9.89. The van der Waals surface area contributed by atoms with Crippen LogP contribution in [0.1, 0.15) is 11.6 Å². The van der Waals surface area contributed by atoms with E-state index in [1.165, 1.54) is 0 Å². The molecule has 1 aromatic carbocycles. The van der Waals surface area contributed by atoms with Gasteiger partial charge in [-0.05, 0) is 17.8 Å². The second-order valence-electron chi connectivity index (χ2n) is 2.63. The van der Waals surface area contributed by atoms with Crippen molar-refractivity contribution < 1.29 is 0 Å². The Balaban J connectivity index is 0.00000169. The van der Waals surface area contributed by atoms with Crippen molar-refractivity contribution in [3.8, 4) is 0 Å². The fraction of sp³-hybridized carbons (Fsp3) is 0.100. The van der Waals surface area contributed by atoms with Gasteiger partial charge in [0.25, 0.3) is 0 Å². The first kappa shape index (κ1) is 12.9. The normalized spacial score (nSPS) is 10.9. The lowest BCUT2D eigenvalue weighted by Gasteiger charge is -2.14. The molecule has 0 spiro atoms. The van der Waals surface area contributed by atoms with Gasteiger partial charge in [-0.1, -0.05) is 36.4 Å². The largest absolute Gasteiger partial charge is 0.376 e. The number of benzene rings is 1. The molecule has 0 fully saturated rings. The molecule has 0 saturated heterocycles. The van der Waals surface area contributed by atoms with E-state index < -0.39 is 0 Å². The van der Waals surface area contributed by atoms with Gasteiger partial charge in [0.15, 0.2) is 5.11 Å². The van der Waals surface area contributed by atoms with Crippen molar-refractivity contribution in [2.24, 2.45) is 5.73 Å². The van der Waals surface area contributed by atoms with Crippen LogP contribution in [0.15, 0.2) is 43.0 Å². The summed E-state index contributed by atoms with van der Waals surface area (Å²) in [5.41, 5.74) is 6.48. The van der Waals surface area contributed by atoms with Crippen LogP contribution in [0, 0.1) is 0 Å². The van der Waals surface area contributed by atoms with Crippen molar-refractivity contribution in [3.05, 3.63) is 48.6 Å². The Bertz CT molecular complexity index is 300. The Hall–Kier alpha value is -1.06. The zero-order chi connectivity index (χ0) is 9.68. The predicted molar refractivity (Wildman–Crippen MR) is 66.5 cm³/mol. The smallest absolute Gasteiger partial charge is 0.164 e. The van der Waals surface area contributed by atoms with Gasteiger partial charge in [0.1, 0.15) is 0 Å². The van der Waals surface area contributed by atoms with Crippen LogP contribution < -0.4 is 11.1 Å². The lowest BCUT2D eigenvalue weighted by molar-refractivity contribution is 0.796. The monoisotopic (exact) mass is 228 g/mol. The van der Waals surface area contributed by atoms with Gasteiger partial charge in [0, 0.05) is 0 Å². The first-order chi connectivity index (χ1) is 6.24. The first-order valence-corrected chi connectivity index (χ1v) is 4.38. The van der Waals surface area contributed by atoms with Crippen molar-refractivity contribution in [3.63, 3.8) is 0 Å². The van der Waals surface area contributed by atoms with Gasteiger partial charge < -0.3 is 11.1 Å². The Labute approximate surface area is 95.6 Å². The van der Waals surface area contributed by atoms with E-state index in [0.29, 0.717) is 0 Å². The van der Waals surface area contributed by atoms with Crippen LogP contribution in [0.3, 0.4) is 0 Å².